The molecule has 12 heavy (non-hydrogen) atoms. The highest BCUT2D eigenvalue weighted by Crippen LogP contribution is 2.16. The molecule has 0 unspecified atom stereocenters. The monoisotopic (exact) mass is 158 g/mol. The Morgan fingerprint density at radius 1 is 1.17 bits per heavy atom. The van der Waals surface area contributed by atoms with Gasteiger partial charge in [-0.2, -0.15) is 0 Å². The summed E-state index contributed by atoms with van der Waals surface area (Å²) >= 11 is 0. The van der Waals surface area contributed by atoms with E-state index in [0.29, 0.717) is 0 Å². The number of aromatic nitrogens is 1. The molecule has 59 valence electrons. The molecule has 0 amide bonds. The summed E-state index contributed by atoms with van der Waals surface area (Å²) < 4.78 is 0. The smallest absolute Gasteiger partial charge is 0.267 e. The number of rotatable bonds is 0. The van der Waals surface area contributed by atoms with Gasteiger partial charge in [0.1, 0.15) is 0 Å². The minimum atomic E-state index is -0.175. The standard InChI is InChI=1S/C10H8NO/c1-7-2-4-9-8(6-7)3-5-10(12)11-9/h2-6H,1H3. The van der Waals surface area contributed by atoms with Gasteiger partial charge in [0.2, 0.25) is 0 Å². The zero-order chi connectivity index (χ0) is 8.55. The molecule has 1 heterocycles. The van der Waals surface area contributed by atoms with Crippen molar-refractivity contribution < 1.29 is 5.11 Å². The molecule has 2 aromatic rings. The zero-order valence-corrected chi connectivity index (χ0v) is 6.74. The van der Waals surface area contributed by atoms with Crippen LogP contribution in [-0.2, 0) is 5.11 Å². The van der Waals surface area contributed by atoms with Gasteiger partial charge in [0.25, 0.3) is 5.88 Å². The Hall–Kier alpha value is -1.57. The van der Waals surface area contributed by atoms with E-state index in [9.17, 15) is 5.11 Å². The molecule has 0 saturated carbocycles. The molecule has 0 bridgehead atoms. The average molecular weight is 158 g/mol. The number of benzene rings is 1. The van der Waals surface area contributed by atoms with Gasteiger partial charge in [0.15, 0.2) is 0 Å². The first kappa shape index (κ1) is 7.10. The molecule has 1 aromatic carbocycles. The number of hydrogen-bond donors (Lipinski definition) is 0. The van der Waals surface area contributed by atoms with E-state index in [-0.39, 0.29) is 5.88 Å². The number of fused-ring (bicyclic) bond motifs is 1. The van der Waals surface area contributed by atoms with Crippen molar-refractivity contribution in [2.45, 2.75) is 6.92 Å². The molecule has 2 heteroatoms. The van der Waals surface area contributed by atoms with Crippen molar-refractivity contribution in [3.8, 4) is 5.88 Å². The van der Waals surface area contributed by atoms with E-state index in [1.165, 1.54) is 11.6 Å². The summed E-state index contributed by atoms with van der Waals surface area (Å²) in [4.78, 5) is 3.86. The van der Waals surface area contributed by atoms with Crippen LogP contribution in [0.4, 0.5) is 0 Å². The Kier molecular flexibility index (Phi) is 1.47. The van der Waals surface area contributed by atoms with Crippen LogP contribution in [0.5, 0.6) is 5.88 Å². The maximum Gasteiger partial charge on any atom is 0.270 e. The second-order valence-corrected chi connectivity index (χ2v) is 2.85. The average Bonchev–Trinajstić information content (AvgIpc) is 2.05. The molecule has 2 rings (SSSR count). The lowest BCUT2D eigenvalue weighted by Crippen LogP contribution is -1.78. The molecular weight excluding hydrogens is 150 g/mol. The zero-order valence-electron chi connectivity index (χ0n) is 6.74. The van der Waals surface area contributed by atoms with E-state index in [4.69, 9.17) is 0 Å². The van der Waals surface area contributed by atoms with Crippen LogP contribution in [0.1, 0.15) is 5.56 Å². The van der Waals surface area contributed by atoms with Crippen molar-refractivity contribution >= 4 is 10.9 Å². The summed E-state index contributed by atoms with van der Waals surface area (Å²) in [5.41, 5.74) is 1.95. The van der Waals surface area contributed by atoms with Crippen molar-refractivity contribution in [2.24, 2.45) is 0 Å². The minimum absolute atomic E-state index is 0.175. The van der Waals surface area contributed by atoms with Crippen molar-refractivity contribution in [1.82, 2.24) is 4.98 Å². The van der Waals surface area contributed by atoms with E-state index in [1.807, 2.05) is 25.1 Å². The van der Waals surface area contributed by atoms with Gasteiger partial charge in [-0.05, 0) is 25.1 Å². The van der Waals surface area contributed by atoms with Crippen LogP contribution in [0, 0.1) is 6.92 Å². The van der Waals surface area contributed by atoms with Crippen LogP contribution in [0.25, 0.3) is 10.9 Å². The highest BCUT2D eigenvalue weighted by atomic mass is 16.3. The maximum absolute atomic E-state index is 10.9. The van der Waals surface area contributed by atoms with Gasteiger partial charge < -0.3 is 0 Å². The third kappa shape index (κ3) is 1.11. The highest BCUT2D eigenvalue weighted by molar-refractivity contribution is 5.79. The predicted molar refractivity (Wildman–Crippen MR) is 46.6 cm³/mol. The van der Waals surface area contributed by atoms with E-state index < -0.39 is 0 Å². The molecule has 1 radical (unpaired) electrons. The van der Waals surface area contributed by atoms with Gasteiger partial charge in [-0.3, -0.25) is 5.11 Å². The second-order valence-electron chi connectivity index (χ2n) is 2.85. The summed E-state index contributed by atoms with van der Waals surface area (Å²) in [6.45, 7) is 2.02. The van der Waals surface area contributed by atoms with Crippen LogP contribution in [0.3, 0.4) is 0 Å². The summed E-state index contributed by atoms with van der Waals surface area (Å²) in [5.74, 6) is -0.175. The summed E-state index contributed by atoms with van der Waals surface area (Å²) in [5, 5.41) is 11.9. The van der Waals surface area contributed by atoms with Gasteiger partial charge >= 0.3 is 0 Å². The van der Waals surface area contributed by atoms with Gasteiger partial charge in [-0.15, -0.1) is 0 Å². The molecule has 0 aliphatic rings. The Labute approximate surface area is 70.5 Å². The van der Waals surface area contributed by atoms with Crippen LogP contribution in [0.2, 0.25) is 0 Å². The predicted octanol–water partition coefficient (Wildman–Crippen LogP) is 2.69. The number of aryl methyl sites for hydroxylation is 1. The third-order valence-electron chi connectivity index (χ3n) is 1.82. The quantitative estimate of drug-likeness (QED) is 0.580. The molecule has 0 atom stereocenters. The Bertz CT molecular complexity index is 382. The summed E-state index contributed by atoms with van der Waals surface area (Å²) in [7, 11) is 0. The lowest BCUT2D eigenvalue weighted by molar-refractivity contribution is 0.339. The number of pyridine rings is 1. The largest absolute Gasteiger partial charge is 0.270 e. The highest BCUT2D eigenvalue weighted by Gasteiger charge is 1.96. The molecule has 1 aromatic heterocycles. The van der Waals surface area contributed by atoms with Gasteiger partial charge in [-0.25, -0.2) is 4.98 Å². The minimum Gasteiger partial charge on any atom is -0.267 e. The van der Waals surface area contributed by atoms with Gasteiger partial charge in [0.05, 0.1) is 5.52 Å². The van der Waals surface area contributed by atoms with E-state index >= 15 is 0 Å². The molecule has 0 N–H and O–H groups in total. The first-order chi connectivity index (χ1) is 5.75. The van der Waals surface area contributed by atoms with Crippen molar-refractivity contribution in [1.29, 1.82) is 0 Å². The topological polar surface area (TPSA) is 32.8 Å². The van der Waals surface area contributed by atoms with Gasteiger partial charge in [0, 0.05) is 11.5 Å². The van der Waals surface area contributed by atoms with Crippen LogP contribution < -0.4 is 0 Å². The fourth-order valence-electron chi connectivity index (χ4n) is 1.23. The molecule has 0 saturated heterocycles. The molecule has 2 nitrogen and oxygen atoms in total. The van der Waals surface area contributed by atoms with Crippen LogP contribution >= 0.6 is 0 Å². The molecule has 0 aliphatic carbocycles. The summed E-state index contributed by atoms with van der Waals surface area (Å²) in [6, 6.07) is 9.13. The second kappa shape index (κ2) is 2.48. The number of hydrogen-bond acceptors (Lipinski definition) is 1. The van der Waals surface area contributed by atoms with Crippen molar-refractivity contribution in [3.05, 3.63) is 35.9 Å². The van der Waals surface area contributed by atoms with Crippen molar-refractivity contribution in [2.75, 3.05) is 0 Å². The van der Waals surface area contributed by atoms with Crippen molar-refractivity contribution in [3.63, 3.8) is 0 Å². The van der Waals surface area contributed by atoms with Crippen LogP contribution in [0.15, 0.2) is 30.3 Å². The Balaban J connectivity index is 2.79. The first-order valence-corrected chi connectivity index (χ1v) is 3.80. The Morgan fingerprint density at radius 2 is 2.00 bits per heavy atom. The molecule has 0 fully saturated rings. The maximum atomic E-state index is 10.9. The van der Waals surface area contributed by atoms with E-state index in [0.717, 1.165) is 10.9 Å². The van der Waals surface area contributed by atoms with Gasteiger partial charge in [-0.1, -0.05) is 11.6 Å². The third-order valence-corrected chi connectivity index (χ3v) is 1.82. The number of nitrogens with zero attached hydrogens (tertiary/aromatic N) is 1. The molecule has 0 aliphatic heterocycles. The SMILES string of the molecule is Cc1ccc2nc([O])ccc2c1. The van der Waals surface area contributed by atoms with E-state index in [2.05, 4.69) is 4.98 Å². The fourth-order valence-corrected chi connectivity index (χ4v) is 1.23. The lowest BCUT2D eigenvalue weighted by atomic mass is 10.1. The molecule has 0 spiro atoms. The lowest BCUT2D eigenvalue weighted by Gasteiger charge is -1.97. The fraction of sp³-hybridized carbons (Fsp3) is 0.100. The normalized spacial score (nSPS) is 10.4. The Morgan fingerprint density at radius 3 is 2.83 bits per heavy atom. The van der Waals surface area contributed by atoms with E-state index in [1.54, 1.807) is 6.07 Å². The van der Waals surface area contributed by atoms with Crippen LogP contribution in [-0.4, -0.2) is 4.98 Å². The first-order valence-electron chi connectivity index (χ1n) is 3.80. The summed E-state index contributed by atoms with van der Waals surface area (Å²) in [6.07, 6.45) is 0. The molecular formula is C10H8NO.